The van der Waals surface area contributed by atoms with Crippen LogP contribution in [0.25, 0.3) is 44.1 Å². The zero-order valence-electron chi connectivity index (χ0n) is 13.6. The van der Waals surface area contributed by atoms with Gasteiger partial charge in [-0.1, -0.05) is 60.7 Å². The molecule has 0 spiro atoms. The van der Waals surface area contributed by atoms with Crippen LogP contribution >= 0.6 is 11.6 Å². The van der Waals surface area contributed by atoms with Gasteiger partial charge in [0.25, 0.3) is 0 Å². The highest BCUT2D eigenvalue weighted by Gasteiger charge is 2.25. The second-order valence-corrected chi connectivity index (χ2v) is 6.38. The van der Waals surface area contributed by atoms with Gasteiger partial charge < -0.3 is 9.62 Å². The van der Waals surface area contributed by atoms with Crippen LogP contribution in [0.5, 0.6) is 0 Å². The number of fused-ring (bicyclic) bond motifs is 5. The van der Waals surface area contributed by atoms with Crippen molar-refractivity contribution < 1.29 is 9.15 Å². The van der Waals surface area contributed by atoms with Gasteiger partial charge in [-0.05, 0) is 21.8 Å². The third-order valence-corrected chi connectivity index (χ3v) is 4.85. The van der Waals surface area contributed by atoms with E-state index >= 15 is 0 Å². The normalized spacial score (nSPS) is 11.6. The molecule has 0 aliphatic heterocycles. The van der Waals surface area contributed by atoms with Gasteiger partial charge in [-0.25, -0.2) is 4.73 Å². The van der Waals surface area contributed by atoms with Gasteiger partial charge in [0.15, 0.2) is 5.69 Å². The molecule has 126 valence electrons. The molecule has 26 heavy (non-hydrogen) atoms. The number of nitrogens with zero attached hydrogens (tertiary/aromatic N) is 2. The number of furan rings is 1. The molecule has 0 saturated heterocycles. The van der Waals surface area contributed by atoms with Crippen molar-refractivity contribution in [3.05, 3.63) is 77.8 Å². The summed E-state index contributed by atoms with van der Waals surface area (Å²) in [6.07, 6.45) is 0. The summed E-state index contributed by atoms with van der Waals surface area (Å²) in [4.78, 5) is 4.54. The predicted octanol–water partition coefficient (Wildman–Crippen LogP) is 5.17. The number of aromatic nitrogens is 2. The molecule has 0 amide bonds. The number of rotatable bonds is 2. The van der Waals surface area contributed by atoms with Crippen LogP contribution in [-0.4, -0.2) is 4.98 Å². The first-order chi connectivity index (χ1) is 12.8. The van der Waals surface area contributed by atoms with Gasteiger partial charge in [0.05, 0.1) is 5.39 Å². The predicted molar refractivity (Wildman–Crippen MR) is 103 cm³/mol. The average Bonchev–Trinajstić information content (AvgIpc) is 3.06. The van der Waals surface area contributed by atoms with Crippen molar-refractivity contribution in [2.24, 2.45) is 0 Å². The second-order valence-electron chi connectivity index (χ2n) is 6.11. The summed E-state index contributed by atoms with van der Waals surface area (Å²) >= 11 is 6.01. The Bertz CT molecular complexity index is 1280. The molecule has 0 aliphatic carbocycles. The Morgan fingerprint density at radius 1 is 0.962 bits per heavy atom. The number of halogens is 1. The van der Waals surface area contributed by atoms with Gasteiger partial charge in [-0.15, -0.1) is 11.6 Å². The van der Waals surface area contributed by atoms with Crippen molar-refractivity contribution >= 4 is 44.4 Å². The first-order valence-electron chi connectivity index (χ1n) is 8.25. The summed E-state index contributed by atoms with van der Waals surface area (Å²) in [6, 6.07) is 21.4. The lowest BCUT2D eigenvalue weighted by molar-refractivity contribution is -0.603. The standard InChI is InChI=1S/C21H13ClN2O2/c22-12-17-23-19-18-15-9-5-4-6-13(15)10-11-16(18)26-21(19)20(24(17)25)14-7-2-1-3-8-14/h1-11H,12H2. The maximum atomic E-state index is 12.9. The fourth-order valence-corrected chi connectivity index (χ4v) is 3.61. The highest BCUT2D eigenvalue weighted by molar-refractivity contribution is 6.19. The van der Waals surface area contributed by atoms with E-state index in [9.17, 15) is 5.21 Å². The lowest BCUT2D eigenvalue weighted by Gasteiger charge is -2.11. The summed E-state index contributed by atoms with van der Waals surface area (Å²) in [5.41, 5.74) is 3.05. The minimum Gasteiger partial charge on any atom is -0.710 e. The zero-order valence-corrected chi connectivity index (χ0v) is 14.4. The summed E-state index contributed by atoms with van der Waals surface area (Å²) in [6.45, 7) is 0. The Morgan fingerprint density at radius 3 is 2.54 bits per heavy atom. The van der Waals surface area contributed by atoms with E-state index in [0.717, 1.165) is 26.5 Å². The van der Waals surface area contributed by atoms with Crippen LogP contribution in [0.15, 0.2) is 71.1 Å². The highest BCUT2D eigenvalue weighted by atomic mass is 35.5. The van der Waals surface area contributed by atoms with Crippen LogP contribution in [0.4, 0.5) is 0 Å². The molecule has 0 saturated carbocycles. The quantitative estimate of drug-likeness (QED) is 0.248. The Morgan fingerprint density at radius 2 is 1.73 bits per heavy atom. The number of benzene rings is 3. The van der Waals surface area contributed by atoms with Crippen LogP contribution < -0.4 is 4.73 Å². The third-order valence-electron chi connectivity index (χ3n) is 4.61. The first kappa shape index (κ1) is 15.2. The zero-order chi connectivity index (χ0) is 17.7. The van der Waals surface area contributed by atoms with Crippen LogP contribution in [0.2, 0.25) is 0 Å². The molecule has 2 heterocycles. The molecule has 5 aromatic rings. The number of hydrogen-bond acceptors (Lipinski definition) is 3. The van der Waals surface area contributed by atoms with E-state index in [2.05, 4.69) is 4.98 Å². The molecular weight excluding hydrogens is 348 g/mol. The minimum absolute atomic E-state index is 0.0245. The molecule has 0 bridgehead atoms. The van der Waals surface area contributed by atoms with E-state index in [1.54, 1.807) is 0 Å². The van der Waals surface area contributed by atoms with E-state index in [1.165, 1.54) is 0 Å². The number of alkyl halides is 1. The summed E-state index contributed by atoms with van der Waals surface area (Å²) < 4.78 is 6.87. The summed E-state index contributed by atoms with van der Waals surface area (Å²) in [7, 11) is 0. The largest absolute Gasteiger partial charge is 0.710 e. The third kappa shape index (κ3) is 2.09. The summed E-state index contributed by atoms with van der Waals surface area (Å²) in [5.74, 6) is 0.283. The van der Waals surface area contributed by atoms with Crippen LogP contribution in [0.3, 0.4) is 0 Å². The molecule has 2 aromatic heterocycles. The van der Waals surface area contributed by atoms with E-state index in [-0.39, 0.29) is 11.7 Å². The van der Waals surface area contributed by atoms with Crippen LogP contribution in [0.1, 0.15) is 5.82 Å². The van der Waals surface area contributed by atoms with Crippen molar-refractivity contribution in [2.45, 2.75) is 5.88 Å². The molecule has 0 unspecified atom stereocenters. The summed E-state index contributed by atoms with van der Waals surface area (Å²) in [5, 5.41) is 15.9. The van der Waals surface area contributed by atoms with E-state index in [0.29, 0.717) is 22.4 Å². The van der Waals surface area contributed by atoms with Gasteiger partial charge in [0.1, 0.15) is 11.5 Å². The Balaban J connectivity index is 2.02. The molecule has 3 aromatic carbocycles. The van der Waals surface area contributed by atoms with Crippen molar-refractivity contribution in [1.82, 2.24) is 4.98 Å². The van der Waals surface area contributed by atoms with Gasteiger partial charge in [0, 0.05) is 5.56 Å². The maximum absolute atomic E-state index is 12.9. The average molecular weight is 361 g/mol. The van der Waals surface area contributed by atoms with Crippen molar-refractivity contribution in [2.75, 3.05) is 0 Å². The molecule has 4 nitrogen and oxygen atoms in total. The lowest BCUT2D eigenvalue weighted by Crippen LogP contribution is -2.35. The molecule has 0 atom stereocenters. The van der Waals surface area contributed by atoms with Crippen LogP contribution in [0, 0.1) is 5.21 Å². The Kier molecular flexibility index (Phi) is 3.33. The lowest BCUT2D eigenvalue weighted by atomic mass is 10.1. The van der Waals surface area contributed by atoms with Crippen molar-refractivity contribution in [3.8, 4) is 11.3 Å². The molecule has 0 fully saturated rings. The van der Waals surface area contributed by atoms with E-state index in [1.807, 2.05) is 66.7 Å². The fraction of sp³-hybridized carbons (Fsp3) is 0.0476. The SMILES string of the molecule is [O-][n+]1c(CCl)nc2c(oc3ccc4ccccc4c32)c1-c1ccccc1. The highest BCUT2D eigenvalue weighted by Crippen LogP contribution is 2.36. The molecule has 0 radical (unpaired) electrons. The maximum Gasteiger partial charge on any atom is 0.317 e. The van der Waals surface area contributed by atoms with Gasteiger partial charge in [0.2, 0.25) is 11.1 Å². The second kappa shape index (κ2) is 5.71. The molecule has 0 aliphatic rings. The van der Waals surface area contributed by atoms with Gasteiger partial charge in [-0.3, -0.25) is 0 Å². The Hall–Kier alpha value is -3.11. The number of hydrogen-bond donors (Lipinski definition) is 0. The molecule has 5 rings (SSSR count). The van der Waals surface area contributed by atoms with Crippen molar-refractivity contribution in [1.29, 1.82) is 0 Å². The molecule has 0 N–H and O–H groups in total. The van der Waals surface area contributed by atoms with Crippen molar-refractivity contribution in [3.63, 3.8) is 0 Å². The monoisotopic (exact) mass is 360 g/mol. The first-order valence-corrected chi connectivity index (χ1v) is 8.79. The fourth-order valence-electron chi connectivity index (χ4n) is 3.44. The van der Waals surface area contributed by atoms with Gasteiger partial charge >= 0.3 is 5.82 Å². The van der Waals surface area contributed by atoms with Crippen LogP contribution in [-0.2, 0) is 5.88 Å². The smallest absolute Gasteiger partial charge is 0.317 e. The van der Waals surface area contributed by atoms with E-state index in [4.69, 9.17) is 16.0 Å². The van der Waals surface area contributed by atoms with Gasteiger partial charge in [-0.2, -0.15) is 0 Å². The molecular formula is C21H13ClN2O2. The topological polar surface area (TPSA) is 53.0 Å². The Labute approximate surface area is 153 Å². The minimum atomic E-state index is 0.0245. The van der Waals surface area contributed by atoms with E-state index < -0.39 is 0 Å². The molecule has 5 heteroatoms.